The number of benzene rings is 3. The van der Waals surface area contributed by atoms with E-state index in [2.05, 4.69) is 5.32 Å². The Morgan fingerprint density at radius 3 is 2.10 bits per heavy atom. The quantitative estimate of drug-likeness (QED) is 0.335. The van der Waals surface area contributed by atoms with Gasteiger partial charge in [-0.1, -0.05) is 67.9 Å². The van der Waals surface area contributed by atoms with Gasteiger partial charge in [-0.25, -0.2) is 8.42 Å². The second kappa shape index (κ2) is 13.6. The first-order valence-corrected chi connectivity index (χ1v) is 15.1. The van der Waals surface area contributed by atoms with E-state index in [0.29, 0.717) is 18.7 Å². The molecule has 0 saturated heterocycles. The molecule has 40 heavy (non-hydrogen) atoms. The van der Waals surface area contributed by atoms with Gasteiger partial charge in [-0.3, -0.25) is 13.9 Å². The van der Waals surface area contributed by atoms with Gasteiger partial charge in [-0.15, -0.1) is 0 Å². The molecular formula is C32H41N3O4S. The molecule has 0 heterocycles. The van der Waals surface area contributed by atoms with Crippen molar-refractivity contribution in [3.63, 3.8) is 0 Å². The molecule has 0 spiro atoms. The molecule has 0 fully saturated rings. The van der Waals surface area contributed by atoms with Crippen LogP contribution in [0.2, 0.25) is 0 Å². The van der Waals surface area contributed by atoms with Crippen LogP contribution in [0.5, 0.6) is 0 Å². The molecule has 0 aliphatic heterocycles. The Bertz CT molecular complexity index is 1400. The Morgan fingerprint density at radius 2 is 1.50 bits per heavy atom. The fourth-order valence-corrected chi connectivity index (χ4v) is 5.68. The summed E-state index contributed by atoms with van der Waals surface area (Å²) in [7, 11) is -4.08. The Hall–Kier alpha value is -3.65. The van der Waals surface area contributed by atoms with Crippen LogP contribution < -0.4 is 9.62 Å². The van der Waals surface area contributed by atoms with Crippen LogP contribution >= 0.6 is 0 Å². The number of nitrogens with one attached hydrogen (secondary N) is 1. The van der Waals surface area contributed by atoms with E-state index < -0.39 is 28.5 Å². The standard InChI is InChI=1S/C32H41N3O4S/c1-23(2)21-33-32(37)27(6)34(19-18-28-10-8-7-9-11-28)31(36)22-35(29-15-14-25(4)26(5)20-29)40(38,39)30-16-12-24(3)13-17-30/h7-17,20,23,27H,18-19,21-22H2,1-6H3,(H,33,37)/t27-/m1/s1. The maximum Gasteiger partial charge on any atom is 0.264 e. The Kier molecular flexibility index (Phi) is 10.5. The van der Waals surface area contributed by atoms with Crippen molar-refractivity contribution in [1.29, 1.82) is 0 Å². The van der Waals surface area contributed by atoms with Crippen LogP contribution in [0.1, 0.15) is 43.0 Å². The van der Waals surface area contributed by atoms with Gasteiger partial charge in [-0.05, 0) is 81.0 Å². The molecule has 0 bridgehead atoms. The van der Waals surface area contributed by atoms with Crippen LogP contribution in [-0.4, -0.2) is 50.8 Å². The minimum Gasteiger partial charge on any atom is -0.354 e. The largest absolute Gasteiger partial charge is 0.354 e. The summed E-state index contributed by atoms with van der Waals surface area (Å²) < 4.78 is 29.0. The van der Waals surface area contributed by atoms with Crippen LogP contribution in [0.25, 0.3) is 0 Å². The number of aryl methyl sites for hydroxylation is 3. The number of hydrogen-bond acceptors (Lipinski definition) is 4. The van der Waals surface area contributed by atoms with E-state index in [0.717, 1.165) is 26.6 Å². The number of amides is 2. The normalized spacial score (nSPS) is 12.2. The van der Waals surface area contributed by atoms with Crippen LogP contribution in [-0.2, 0) is 26.0 Å². The van der Waals surface area contributed by atoms with Crippen molar-refractivity contribution in [2.45, 2.75) is 58.9 Å². The maximum absolute atomic E-state index is 14.0. The summed E-state index contributed by atoms with van der Waals surface area (Å²) >= 11 is 0. The van der Waals surface area contributed by atoms with Gasteiger partial charge < -0.3 is 10.2 Å². The van der Waals surface area contributed by atoms with Gasteiger partial charge in [0.15, 0.2) is 0 Å². The molecular weight excluding hydrogens is 522 g/mol. The minimum atomic E-state index is -4.08. The Balaban J connectivity index is 1.98. The highest BCUT2D eigenvalue weighted by Crippen LogP contribution is 2.26. The number of carbonyl (C=O) groups excluding carboxylic acids is 2. The zero-order valence-corrected chi connectivity index (χ0v) is 25.2. The second-order valence-electron chi connectivity index (χ2n) is 10.7. The summed E-state index contributed by atoms with van der Waals surface area (Å²) in [4.78, 5) is 28.6. The topological polar surface area (TPSA) is 86.8 Å². The number of rotatable bonds is 12. The van der Waals surface area contributed by atoms with Crippen molar-refractivity contribution in [3.8, 4) is 0 Å². The highest BCUT2D eigenvalue weighted by atomic mass is 32.2. The molecule has 3 aromatic rings. The average molecular weight is 564 g/mol. The molecule has 0 aromatic heterocycles. The molecule has 3 aromatic carbocycles. The summed E-state index contributed by atoms with van der Waals surface area (Å²) in [5.41, 5.74) is 4.28. The molecule has 3 rings (SSSR count). The summed E-state index contributed by atoms with van der Waals surface area (Å²) in [6, 6.07) is 20.9. The molecule has 0 aliphatic rings. The smallest absolute Gasteiger partial charge is 0.264 e. The van der Waals surface area contributed by atoms with E-state index in [1.54, 1.807) is 43.3 Å². The minimum absolute atomic E-state index is 0.0997. The SMILES string of the molecule is Cc1ccc(S(=O)(=O)N(CC(=O)N(CCc2ccccc2)[C@H](C)C(=O)NCC(C)C)c2ccc(C)c(C)c2)cc1. The van der Waals surface area contributed by atoms with Crippen LogP contribution in [0.15, 0.2) is 77.7 Å². The van der Waals surface area contributed by atoms with Crippen LogP contribution in [0.4, 0.5) is 5.69 Å². The van der Waals surface area contributed by atoms with Crippen molar-refractivity contribution < 1.29 is 18.0 Å². The third-order valence-electron chi connectivity index (χ3n) is 7.00. The molecule has 214 valence electrons. The van der Waals surface area contributed by atoms with E-state index in [1.807, 2.05) is 71.0 Å². The Labute approximate surface area is 239 Å². The van der Waals surface area contributed by atoms with Gasteiger partial charge in [-0.2, -0.15) is 0 Å². The van der Waals surface area contributed by atoms with Crippen molar-refractivity contribution in [2.75, 3.05) is 23.9 Å². The average Bonchev–Trinajstić information content (AvgIpc) is 2.92. The van der Waals surface area contributed by atoms with Crippen molar-refractivity contribution in [1.82, 2.24) is 10.2 Å². The fraction of sp³-hybridized carbons (Fsp3) is 0.375. The lowest BCUT2D eigenvalue weighted by atomic mass is 10.1. The predicted octanol–water partition coefficient (Wildman–Crippen LogP) is 5.04. The number of anilines is 1. The van der Waals surface area contributed by atoms with Crippen molar-refractivity contribution in [3.05, 3.63) is 95.1 Å². The molecule has 1 N–H and O–H groups in total. The Morgan fingerprint density at radius 1 is 0.850 bits per heavy atom. The molecule has 8 heteroatoms. The number of hydrogen-bond donors (Lipinski definition) is 1. The van der Waals surface area contributed by atoms with E-state index in [-0.39, 0.29) is 23.3 Å². The van der Waals surface area contributed by atoms with E-state index in [4.69, 9.17) is 0 Å². The van der Waals surface area contributed by atoms with Crippen LogP contribution in [0, 0.1) is 26.7 Å². The van der Waals surface area contributed by atoms with Gasteiger partial charge >= 0.3 is 0 Å². The molecule has 1 atom stereocenters. The first-order valence-electron chi connectivity index (χ1n) is 13.7. The molecule has 7 nitrogen and oxygen atoms in total. The lowest BCUT2D eigenvalue weighted by Gasteiger charge is -2.32. The summed E-state index contributed by atoms with van der Waals surface area (Å²) in [5, 5.41) is 2.91. The first-order chi connectivity index (χ1) is 18.9. The third kappa shape index (κ3) is 7.94. The maximum atomic E-state index is 14.0. The lowest BCUT2D eigenvalue weighted by molar-refractivity contribution is -0.138. The summed E-state index contributed by atoms with van der Waals surface area (Å²) in [6.45, 7) is 11.8. The second-order valence-corrected chi connectivity index (χ2v) is 12.6. The molecule has 0 unspecified atom stereocenters. The lowest BCUT2D eigenvalue weighted by Crippen LogP contribution is -2.52. The molecule has 0 radical (unpaired) electrons. The first kappa shape index (κ1) is 30.9. The summed E-state index contributed by atoms with van der Waals surface area (Å²) in [6.07, 6.45) is 0.530. The monoisotopic (exact) mass is 563 g/mol. The van der Waals surface area contributed by atoms with Gasteiger partial charge in [0.25, 0.3) is 10.0 Å². The van der Waals surface area contributed by atoms with Crippen molar-refractivity contribution in [2.24, 2.45) is 5.92 Å². The van der Waals surface area contributed by atoms with Gasteiger partial charge in [0, 0.05) is 13.1 Å². The highest BCUT2D eigenvalue weighted by Gasteiger charge is 2.32. The van der Waals surface area contributed by atoms with E-state index in [1.165, 1.54) is 4.90 Å². The van der Waals surface area contributed by atoms with Crippen molar-refractivity contribution >= 4 is 27.5 Å². The molecule has 0 saturated carbocycles. The van der Waals surface area contributed by atoms with E-state index >= 15 is 0 Å². The van der Waals surface area contributed by atoms with Gasteiger partial charge in [0.05, 0.1) is 10.6 Å². The van der Waals surface area contributed by atoms with Gasteiger partial charge in [0.1, 0.15) is 12.6 Å². The highest BCUT2D eigenvalue weighted by molar-refractivity contribution is 7.92. The zero-order valence-electron chi connectivity index (χ0n) is 24.3. The van der Waals surface area contributed by atoms with Gasteiger partial charge in [0.2, 0.25) is 11.8 Å². The third-order valence-corrected chi connectivity index (χ3v) is 8.79. The fourth-order valence-electron chi connectivity index (χ4n) is 4.27. The van der Waals surface area contributed by atoms with Crippen LogP contribution in [0.3, 0.4) is 0 Å². The van der Waals surface area contributed by atoms with E-state index in [9.17, 15) is 18.0 Å². The molecule has 2 amide bonds. The zero-order chi connectivity index (χ0) is 29.4. The predicted molar refractivity (Wildman–Crippen MR) is 161 cm³/mol. The summed E-state index contributed by atoms with van der Waals surface area (Å²) in [5.74, 6) is -0.462. The number of carbonyl (C=O) groups is 2. The number of sulfonamides is 1. The molecule has 0 aliphatic carbocycles. The number of nitrogens with zero attached hydrogens (tertiary/aromatic N) is 2.